The lowest BCUT2D eigenvalue weighted by Gasteiger charge is -2.00. The Balaban J connectivity index is 2.29. The Hall–Kier alpha value is -1.16. The maximum absolute atomic E-state index is 4.12. The van der Waals surface area contributed by atoms with Crippen LogP contribution in [0.1, 0.15) is 0 Å². The molecule has 0 spiro atoms. The highest BCUT2D eigenvalue weighted by atomic mass is 15.3. The van der Waals surface area contributed by atoms with Crippen molar-refractivity contribution >= 4 is 12.6 Å². The lowest BCUT2D eigenvalue weighted by atomic mass is 10.3. The first-order chi connectivity index (χ1) is 4.97. The standard InChI is InChI=1S/C6H8N4/c1-2-7-3-9-6-5(1)8-4-10-6/h1-3,6,8,10H,4H2. The molecule has 1 atom stereocenters. The molecule has 2 rings (SSSR count). The van der Waals surface area contributed by atoms with Gasteiger partial charge in [-0.15, -0.1) is 0 Å². The Labute approximate surface area is 58.8 Å². The van der Waals surface area contributed by atoms with Gasteiger partial charge in [-0.05, 0) is 6.08 Å². The number of nitrogens with zero attached hydrogens (tertiary/aromatic N) is 2. The summed E-state index contributed by atoms with van der Waals surface area (Å²) in [4.78, 5) is 8.00. The summed E-state index contributed by atoms with van der Waals surface area (Å²) in [6.45, 7) is 0.793. The Morgan fingerprint density at radius 2 is 2.60 bits per heavy atom. The molecule has 2 N–H and O–H groups in total. The van der Waals surface area contributed by atoms with Crippen LogP contribution in [-0.4, -0.2) is 25.4 Å². The number of allylic oxidation sites excluding steroid dienone is 1. The monoisotopic (exact) mass is 136 g/mol. The van der Waals surface area contributed by atoms with Crippen LogP contribution in [0.15, 0.2) is 21.8 Å². The van der Waals surface area contributed by atoms with Gasteiger partial charge in [-0.2, -0.15) is 0 Å². The van der Waals surface area contributed by atoms with Gasteiger partial charge in [0.25, 0.3) is 0 Å². The summed E-state index contributed by atoms with van der Waals surface area (Å²) in [6, 6.07) is 0. The van der Waals surface area contributed by atoms with E-state index in [1.54, 1.807) is 12.6 Å². The number of fused-ring (bicyclic) bond motifs is 1. The zero-order valence-electron chi connectivity index (χ0n) is 5.41. The second-order valence-electron chi connectivity index (χ2n) is 2.14. The number of aliphatic imine (C=N–C) groups is 2. The molecule has 1 unspecified atom stereocenters. The van der Waals surface area contributed by atoms with Gasteiger partial charge in [0.15, 0.2) is 0 Å². The molecular weight excluding hydrogens is 128 g/mol. The van der Waals surface area contributed by atoms with Gasteiger partial charge in [-0.1, -0.05) is 0 Å². The van der Waals surface area contributed by atoms with E-state index in [0.717, 1.165) is 12.4 Å². The smallest absolute Gasteiger partial charge is 0.143 e. The highest BCUT2D eigenvalue weighted by molar-refractivity contribution is 5.82. The lowest BCUT2D eigenvalue weighted by molar-refractivity contribution is 0.693. The predicted molar refractivity (Wildman–Crippen MR) is 40.0 cm³/mol. The molecule has 2 aliphatic rings. The van der Waals surface area contributed by atoms with E-state index < -0.39 is 0 Å². The summed E-state index contributed by atoms with van der Waals surface area (Å²) < 4.78 is 0. The average Bonchev–Trinajstić information content (AvgIpc) is 2.28. The van der Waals surface area contributed by atoms with Crippen LogP contribution in [0.5, 0.6) is 0 Å². The minimum Gasteiger partial charge on any atom is -0.373 e. The Morgan fingerprint density at radius 1 is 1.60 bits per heavy atom. The van der Waals surface area contributed by atoms with E-state index >= 15 is 0 Å². The van der Waals surface area contributed by atoms with Crippen molar-refractivity contribution in [3.05, 3.63) is 11.8 Å². The molecule has 0 aromatic rings. The fourth-order valence-electron chi connectivity index (χ4n) is 1.01. The van der Waals surface area contributed by atoms with Gasteiger partial charge in [-0.3, -0.25) is 5.32 Å². The Bertz CT molecular complexity index is 216. The van der Waals surface area contributed by atoms with Gasteiger partial charge < -0.3 is 5.32 Å². The van der Waals surface area contributed by atoms with Crippen molar-refractivity contribution < 1.29 is 0 Å². The molecule has 0 bridgehead atoms. The van der Waals surface area contributed by atoms with Crippen molar-refractivity contribution in [3.63, 3.8) is 0 Å². The van der Waals surface area contributed by atoms with Crippen molar-refractivity contribution in [1.29, 1.82) is 0 Å². The molecule has 4 nitrogen and oxygen atoms in total. The molecule has 0 radical (unpaired) electrons. The quantitative estimate of drug-likeness (QED) is 0.470. The third-order valence-corrected chi connectivity index (χ3v) is 1.51. The molecule has 52 valence electrons. The summed E-state index contributed by atoms with van der Waals surface area (Å²) >= 11 is 0. The Morgan fingerprint density at radius 3 is 3.60 bits per heavy atom. The van der Waals surface area contributed by atoms with E-state index in [2.05, 4.69) is 20.6 Å². The van der Waals surface area contributed by atoms with Crippen LogP contribution in [0.3, 0.4) is 0 Å². The molecule has 2 aliphatic heterocycles. The third kappa shape index (κ3) is 0.823. The van der Waals surface area contributed by atoms with Gasteiger partial charge in [0.05, 0.1) is 12.4 Å². The van der Waals surface area contributed by atoms with E-state index in [1.807, 2.05) is 6.08 Å². The van der Waals surface area contributed by atoms with Gasteiger partial charge in [0.1, 0.15) is 12.5 Å². The summed E-state index contributed by atoms with van der Waals surface area (Å²) in [5.41, 5.74) is 1.09. The zero-order chi connectivity index (χ0) is 6.81. The molecule has 1 saturated heterocycles. The van der Waals surface area contributed by atoms with Gasteiger partial charge >= 0.3 is 0 Å². The van der Waals surface area contributed by atoms with Crippen molar-refractivity contribution in [1.82, 2.24) is 10.6 Å². The summed E-state index contributed by atoms with van der Waals surface area (Å²) in [7, 11) is 0. The number of hydrogen-bond donors (Lipinski definition) is 2. The first-order valence-electron chi connectivity index (χ1n) is 3.19. The highest BCUT2D eigenvalue weighted by Gasteiger charge is 2.17. The fourth-order valence-corrected chi connectivity index (χ4v) is 1.01. The first kappa shape index (κ1) is 5.61. The van der Waals surface area contributed by atoms with Crippen LogP contribution in [-0.2, 0) is 0 Å². The molecule has 0 aromatic carbocycles. The zero-order valence-corrected chi connectivity index (χ0v) is 5.41. The van der Waals surface area contributed by atoms with Gasteiger partial charge in [-0.25, -0.2) is 9.98 Å². The predicted octanol–water partition coefficient (Wildman–Crippen LogP) is -0.541. The summed E-state index contributed by atoms with van der Waals surface area (Å²) in [5.74, 6) is 0. The normalized spacial score (nSPS) is 28.8. The minimum atomic E-state index is 0.0995. The van der Waals surface area contributed by atoms with E-state index in [4.69, 9.17) is 0 Å². The number of hydrogen-bond acceptors (Lipinski definition) is 4. The van der Waals surface area contributed by atoms with Crippen molar-refractivity contribution in [3.8, 4) is 0 Å². The summed E-state index contributed by atoms with van der Waals surface area (Å²) in [6.07, 6.45) is 5.33. The van der Waals surface area contributed by atoms with Crippen LogP contribution in [0.25, 0.3) is 0 Å². The fraction of sp³-hybridized carbons (Fsp3) is 0.333. The molecule has 1 fully saturated rings. The van der Waals surface area contributed by atoms with Crippen LogP contribution in [0.4, 0.5) is 0 Å². The van der Waals surface area contributed by atoms with Crippen molar-refractivity contribution in [2.24, 2.45) is 9.98 Å². The maximum Gasteiger partial charge on any atom is 0.143 e. The van der Waals surface area contributed by atoms with Gasteiger partial charge in [0.2, 0.25) is 0 Å². The van der Waals surface area contributed by atoms with E-state index in [0.29, 0.717) is 0 Å². The average molecular weight is 136 g/mol. The first-order valence-corrected chi connectivity index (χ1v) is 3.19. The van der Waals surface area contributed by atoms with Gasteiger partial charge in [0, 0.05) is 6.21 Å². The third-order valence-electron chi connectivity index (χ3n) is 1.51. The molecule has 0 amide bonds. The SMILES string of the molecule is C1=NC=NC2NCNC2=C1. The van der Waals surface area contributed by atoms with Crippen LogP contribution in [0.2, 0.25) is 0 Å². The second kappa shape index (κ2) is 2.22. The van der Waals surface area contributed by atoms with Crippen molar-refractivity contribution in [2.75, 3.05) is 6.67 Å². The van der Waals surface area contributed by atoms with Crippen molar-refractivity contribution in [2.45, 2.75) is 6.17 Å². The molecule has 10 heavy (non-hydrogen) atoms. The van der Waals surface area contributed by atoms with E-state index in [-0.39, 0.29) is 6.17 Å². The molecule has 4 heteroatoms. The maximum atomic E-state index is 4.12. The topological polar surface area (TPSA) is 48.8 Å². The van der Waals surface area contributed by atoms with E-state index in [1.165, 1.54) is 0 Å². The Kier molecular flexibility index (Phi) is 1.25. The largest absolute Gasteiger partial charge is 0.373 e. The number of nitrogens with one attached hydrogen (secondary N) is 2. The minimum absolute atomic E-state index is 0.0995. The highest BCUT2D eigenvalue weighted by Crippen LogP contribution is 2.05. The van der Waals surface area contributed by atoms with Crippen LogP contribution < -0.4 is 10.6 Å². The molecule has 2 heterocycles. The molecule has 0 saturated carbocycles. The lowest BCUT2D eigenvalue weighted by Crippen LogP contribution is -2.19. The van der Waals surface area contributed by atoms with Crippen LogP contribution in [0, 0.1) is 0 Å². The number of rotatable bonds is 0. The molecular formula is C6H8N4. The second-order valence-corrected chi connectivity index (χ2v) is 2.14. The van der Waals surface area contributed by atoms with Crippen LogP contribution >= 0.6 is 0 Å². The molecule has 0 aromatic heterocycles. The van der Waals surface area contributed by atoms with E-state index in [9.17, 15) is 0 Å². The molecule has 0 aliphatic carbocycles. The summed E-state index contributed by atoms with van der Waals surface area (Å²) in [5, 5.41) is 6.28.